The molecule has 45 heavy (non-hydrogen) atoms. The maximum absolute atomic E-state index is 13.4. The second-order valence-corrected chi connectivity index (χ2v) is 13.9. The Kier molecular flexibility index (Phi) is 13.7. The number of carbonyl (C=O) groups is 3. The van der Waals surface area contributed by atoms with Gasteiger partial charge in [-0.2, -0.15) is 0 Å². The molecule has 0 saturated carbocycles. The minimum Gasteiger partial charge on any atom is -0.462 e. The molecule has 0 aliphatic carbocycles. The first kappa shape index (κ1) is 36.3. The molecule has 1 aliphatic heterocycles. The molecule has 8 nitrogen and oxygen atoms in total. The molecule has 1 aliphatic rings. The highest BCUT2D eigenvalue weighted by Crippen LogP contribution is 2.33. The van der Waals surface area contributed by atoms with E-state index in [1.807, 2.05) is 38.3 Å². The number of esters is 2. The lowest BCUT2D eigenvalue weighted by atomic mass is 9.73. The van der Waals surface area contributed by atoms with E-state index in [1.165, 1.54) is 11.3 Å². The van der Waals surface area contributed by atoms with Crippen LogP contribution in [-0.4, -0.2) is 57.8 Å². The maximum Gasteiger partial charge on any atom is 0.338 e. The average molecular weight is 640 g/mol. The average Bonchev–Trinajstić information content (AvgIpc) is 3.43. The molecule has 0 bridgehead atoms. The zero-order chi connectivity index (χ0) is 33.1. The summed E-state index contributed by atoms with van der Waals surface area (Å²) < 4.78 is 11.4. The summed E-state index contributed by atoms with van der Waals surface area (Å²) in [7, 11) is 0. The number of hydrogen-bond donors (Lipinski definition) is 2. The fraction of sp³-hybridized carbons (Fsp3) is 0.556. The molecule has 0 spiro atoms. The highest BCUT2D eigenvalue weighted by atomic mass is 32.1. The molecule has 2 aromatic rings. The fourth-order valence-electron chi connectivity index (χ4n) is 5.66. The van der Waals surface area contributed by atoms with Crippen molar-refractivity contribution < 1.29 is 34.1 Å². The van der Waals surface area contributed by atoms with Gasteiger partial charge >= 0.3 is 11.9 Å². The smallest absolute Gasteiger partial charge is 0.338 e. The van der Waals surface area contributed by atoms with Crippen LogP contribution in [0.1, 0.15) is 101 Å². The summed E-state index contributed by atoms with van der Waals surface area (Å²) in [5, 5.41) is 24.9. The summed E-state index contributed by atoms with van der Waals surface area (Å²) in [5.41, 5.74) is 2.01. The molecular formula is C36H49NO7S. The third-order valence-electron chi connectivity index (χ3n) is 8.79. The first-order valence-electron chi connectivity index (χ1n) is 15.9. The molecular weight excluding hydrogens is 590 g/mol. The molecule has 3 rings (SSSR count). The number of thiazole rings is 1. The number of hydrogen-bond acceptors (Lipinski definition) is 9. The Labute approximate surface area is 271 Å². The molecule has 5 atom stereocenters. The van der Waals surface area contributed by atoms with Crippen LogP contribution in [0.15, 0.2) is 52.9 Å². The number of Topliss-reactive ketones (excluding diaryl/α,β-unsaturated/α-hetero) is 1. The number of ether oxygens (including phenoxy) is 2. The Morgan fingerprint density at radius 1 is 1.18 bits per heavy atom. The Balaban J connectivity index is 1.83. The van der Waals surface area contributed by atoms with E-state index in [0.29, 0.717) is 31.2 Å². The number of aryl methyl sites for hydroxylation is 1. The number of aromatic nitrogens is 1. The molecule has 1 aromatic carbocycles. The minimum atomic E-state index is -1.27. The number of benzene rings is 1. The second kappa shape index (κ2) is 17.0. The molecule has 0 radical (unpaired) electrons. The molecule has 1 aromatic heterocycles. The van der Waals surface area contributed by atoms with E-state index in [0.717, 1.165) is 34.7 Å². The van der Waals surface area contributed by atoms with Crippen LogP contribution in [0.5, 0.6) is 0 Å². The summed E-state index contributed by atoms with van der Waals surface area (Å²) in [5.74, 6) is -2.09. The zero-order valence-corrected chi connectivity index (χ0v) is 28.3. The minimum absolute atomic E-state index is 0.137. The molecule has 9 heteroatoms. The third kappa shape index (κ3) is 10.7. The van der Waals surface area contributed by atoms with Gasteiger partial charge in [-0.1, -0.05) is 57.5 Å². The lowest BCUT2D eigenvalue weighted by molar-refractivity contribution is -0.154. The van der Waals surface area contributed by atoms with Crippen LogP contribution in [0, 0.1) is 24.2 Å². The first-order chi connectivity index (χ1) is 21.3. The number of rotatable bonds is 7. The van der Waals surface area contributed by atoms with E-state index in [2.05, 4.69) is 11.1 Å². The van der Waals surface area contributed by atoms with Crippen LogP contribution < -0.4 is 0 Å². The molecule has 246 valence electrons. The van der Waals surface area contributed by atoms with Gasteiger partial charge in [-0.05, 0) is 75.7 Å². The number of nitrogens with zero attached hydrogens (tertiary/aromatic N) is 1. The van der Waals surface area contributed by atoms with E-state index >= 15 is 0 Å². The van der Waals surface area contributed by atoms with Gasteiger partial charge in [0.25, 0.3) is 0 Å². The number of ketones is 1. The van der Waals surface area contributed by atoms with E-state index in [4.69, 9.17) is 9.47 Å². The van der Waals surface area contributed by atoms with E-state index < -0.39 is 35.6 Å². The molecule has 0 unspecified atom stereocenters. The topological polar surface area (TPSA) is 123 Å². The second-order valence-electron chi connectivity index (χ2n) is 12.8. The Hall–Kier alpha value is -3.14. The summed E-state index contributed by atoms with van der Waals surface area (Å²) in [6.45, 7) is 11.0. The Bertz CT molecular complexity index is 1350. The Morgan fingerprint density at radius 2 is 1.89 bits per heavy atom. The van der Waals surface area contributed by atoms with E-state index in [1.54, 1.807) is 45.0 Å². The van der Waals surface area contributed by atoms with Crippen molar-refractivity contribution in [2.24, 2.45) is 17.3 Å². The van der Waals surface area contributed by atoms with Crippen LogP contribution in [0.3, 0.4) is 0 Å². The quantitative estimate of drug-likeness (QED) is 0.191. The van der Waals surface area contributed by atoms with Gasteiger partial charge in [0.15, 0.2) is 0 Å². The number of carbonyl (C=O) groups excluding carboxylic acids is 3. The fourth-order valence-corrected chi connectivity index (χ4v) is 6.23. The highest BCUT2D eigenvalue weighted by molar-refractivity contribution is 7.09. The standard InChI is InChI=1S/C36H49NO7S/c1-23-12-10-13-27(14-11-19-43-35(42)28-15-8-7-9-16-28)17-18-30(24(2)20-29-22-45-26(4)37-29)44-32(39)21-31(38)36(5,6)34(41)25(3)33(23)40/h7-9,15-17,20,22-23,25,30-31,33,38,40H,10-14,18-19,21H2,1-6H3/t23-,25+,30-,31-,33-/m0/s1. The van der Waals surface area contributed by atoms with E-state index in [-0.39, 0.29) is 30.7 Å². The van der Waals surface area contributed by atoms with Crippen molar-refractivity contribution in [3.8, 4) is 0 Å². The predicted molar refractivity (Wildman–Crippen MR) is 177 cm³/mol. The van der Waals surface area contributed by atoms with Crippen molar-refractivity contribution in [3.63, 3.8) is 0 Å². The number of allylic oxidation sites excluding steroid dienone is 1. The van der Waals surface area contributed by atoms with Gasteiger partial charge in [0.2, 0.25) is 0 Å². The number of cyclic esters (lactones) is 1. The van der Waals surface area contributed by atoms with E-state index in [9.17, 15) is 24.6 Å². The first-order valence-corrected chi connectivity index (χ1v) is 16.8. The normalized spacial score (nSPS) is 25.7. The van der Waals surface area contributed by atoms with Gasteiger partial charge in [-0.15, -0.1) is 11.3 Å². The molecule has 0 fully saturated rings. The SMILES string of the molecule is CC(=Cc1csc(C)n1)[C@@H]1CC=C(CCCOC(=O)c2ccccc2)CCC[C@H](C)[C@H](O)[C@@H](C)C(=O)C(C)(C)[C@@H](O)CC(=O)O1. The van der Waals surface area contributed by atoms with Crippen molar-refractivity contribution in [2.45, 2.75) is 105 Å². The highest BCUT2D eigenvalue weighted by Gasteiger charge is 2.42. The van der Waals surface area contributed by atoms with Gasteiger partial charge in [0, 0.05) is 17.7 Å². The molecule has 0 amide bonds. The zero-order valence-electron chi connectivity index (χ0n) is 27.5. The third-order valence-corrected chi connectivity index (χ3v) is 9.59. The van der Waals surface area contributed by atoms with Crippen molar-refractivity contribution in [3.05, 3.63) is 69.2 Å². The van der Waals surface area contributed by atoms with Gasteiger partial charge in [0.1, 0.15) is 11.9 Å². The van der Waals surface area contributed by atoms with Crippen molar-refractivity contribution in [1.29, 1.82) is 0 Å². The largest absolute Gasteiger partial charge is 0.462 e. The van der Waals surface area contributed by atoms with Crippen molar-refractivity contribution in [1.82, 2.24) is 4.98 Å². The summed E-state index contributed by atoms with van der Waals surface area (Å²) in [6, 6.07) is 8.89. The predicted octanol–water partition coefficient (Wildman–Crippen LogP) is 6.88. The van der Waals surface area contributed by atoms with Crippen LogP contribution >= 0.6 is 11.3 Å². The monoisotopic (exact) mass is 639 g/mol. The number of aliphatic hydroxyl groups is 2. The summed E-state index contributed by atoms with van der Waals surface area (Å²) in [6.07, 6.45) is 4.92. The number of aliphatic hydroxyl groups excluding tert-OH is 2. The van der Waals surface area contributed by atoms with Gasteiger partial charge in [-0.25, -0.2) is 9.78 Å². The lowest BCUT2D eigenvalue weighted by Gasteiger charge is -2.34. The van der Waals surface area contributed by atoms with Gasteiger partial charge in [0.05, 0.1) is 46.9 Å². The van der Waals surface area contributed by atoms with Gasteiger partial charge < -0.3 is 19.7 Å². The lowest BCUT2D eigenvalue weighted by Crippen LogP contribution is -2.45. The molecule has 0 saturated heterocycles. The van der Waals surface area contributed by atoms with Crippen LogP contribution in [0.2, 0.25) is 0 Å². The Morgan fingerprint density at radius 3 is 2.56 bits per heavy atom. The van der Waals surface area contributed by atoms with Crippen LogP contribution in [0.4, 0.5) is 0 Å². The molecule has 2 N–H and O–H groups in total. The summed E-state index contributed by atoms with van der Waals surface area (Å²) in [4.78, 5) is 43.5. The summed E-state index contributed by atoms with van der Waals surface area (Å²) >= 11 is 1.54. The maximum atomic E-state index is 13.4. The van der Waals surface area contributed by atoms with Crippen LogP contribution in [0.25, 0.3) is 6.08 Å². The molecule has 2 heterocycles. The van der Waals surface area contributed by atoms with Crippen molar-refractivity contribution in [2.75, 3.05) is 6.61 Å². The van der Waals surface area contributed by atoms with Crippen molar-refractivity contribution >= 4 is 35.1 Å². The van der Waals surface area contributed by atoms with Crippen LogP contribution in [-0.2, 0) is 19.1 Å². The van der Waals surface area contributed by atoms with Gasteiger partial charge in [-0.3, -0.25) is 9.59 Å².